The van der Waals surface area contributed by atoms with Crippen molar-refractivity contribution >= 4 is 0 Å². The van der Waals surface area contributed by atoms with Gasteiger partial charge in [0.2, 0.25) is 0 Å². The minimum absolute atomic E-state index is 0.0290. The SMILES string of the molecule is C#C[C@]1(O)CC[C@@H]2[C@@H]3CCC4=CCCC[C@@H]4[C@@H]3CC[C@@]21C. The lowest BCUT2D eigenvalue weighted by molar-refractivity contribution is -0.0857. The third kappa shape index (κ3) is 1.75. The molecule has 0 heterocycles. The Balaban J connectivity index is 1.66. The van der Waals surface area contributed by atoms with Crippen molar-refractivity contribution in [2.24, 2.45) is 29.1 Å². The van der Waals surface area contributed by atoms with Gasteiger partial charge in [-0.25, -0.2) is 0 Å². The second kappa shape index (κ2) is 4.63. The van der Waals surface area contributed by atoms with Gasteiger partial charge in [0.15, 0.2) is 0 Å². The van der Waals surface area contributed by atoms with Crippen LogP contribution in [0.2, 0.25) is 0 Å². The van der Waals surface area contributed by atoms with Crippen molar-refractivity contribution in [1.29, 1.82) is 0 Å². The van der Waals surface area contributed by atoms with Crippen LogP contribution in [0.3, 0.4) is 0 Å². The molecule has 21 heavy (non-hydrogen) atoms. The lowest BCUT2D eigenvalue weighted by Gasteiger charge is -2.54. The van der Waals surface area contributed by atoms with Gasteiger partial charge < -0.3 is 5.11 Å². The summed E-state index contributed by atoms with van der Waals surface area (Å²) in [6.07, 6.45) is 19.4. The average Bonchev–Trinajstić information content (AvgIpc) is 2.79. The maximum Gasteiger partial charge on any atom is 0.130 e. The van der Waals surface area contributed by atoms with Crippen LogP contribution in [0.5, 0.6) is 0 Å². The van der Waals surface area contributed by atoms with E-state index in [4.69, 9.17) is 6.42 Å². The van der Waals surface area contributed by atoms with Gasteiger partial charge >= 0.3 is 0 Å². The Morgan fingerprint density at radius 3 is 2.86 bits per heavy atom. The van der Waals surface area contributed by atoms with E-state index in [2.05, 4.69) is 18.9 Å². The predicted molar refractivity (Wildman–Crippen MR) is 85.5 cm³/mol. The van der Waals surface area contributed by atoms with Gasteiger partial charge in [-0.2, -0.15) is 0 Å². The lowest BCUT2D eigenvalue weighted by Crippen LogP contribution is -2.52. The second-order valence-electron chi connectivity index (χ2n) is 8.29. The summed E-state index contributed by atoms with van der Waals surface area (Å²) in [6.45, 7) is 2.28. The summed E-state index contributed by atoms with van der Waals surface area (Å²) in [5.74, 6) is 5.98. The van der Waals surface area contributed by atoms with Crippen LogP contribution in [-0.2, 0) is 0 Å². The van der Waals surface area contributed by atoms with Gasteiger partial charge in [0.1, 0.15) is 5.60 Å². The maximum atomic E-state index is 10.9. The van der Waals surface area contributed by atoms with Crippen molar-refractivity contribution in [1.82, 2.24) is 0 Å². The first-order chi connectivity index (χ1) is 10.1. The third-order valence-electron chi connectivity index (χ3n) is 7.77. The lowest BCUT2D eigenvalue weighted by atomic mass is 9.50. The van der Waals surface area contributed by atoms with Crippen molar-refractivity contribution in [3.05, 3.63) is 11.6 Å². The van der Waals surface area contributed by atoms with Gasteiger partial charge in [0, 0.05) is 5.41 Å². The molecule has 0 unspecified atom stereocenters. The molecule has 0 aliphatic heterocycles. The van der Waals surface area contributed by atoms with Crippen LogP contribution < -0.4 is 0 Å². The fourth-order valence-corrected chi connectivity index (χ4v) is 6.56. The van der Waals surface area contributed by atoms with E-state index in [-0.39, 0.29) is 5.41 Å². The molecule has 0 saturated heterocycles. The smallest absolute Gasteiger partial charge is 0.130 e. The van der Waals surface area contributed by atoms with E-state index >= 15 is 0 Å². The zero-order valence-electron chi connectivity index (χ0n) is 13.3. The summed E-state index contributed by atoms with van der Waals surface area (Å²) >= 11 is 0. The highest BCUT2D eigenvalue weighted by Gasteiger charge is 2.61. The van der Waals surface area contributed by atoms with E-state index in [1.54, 1.807) is 5.57 Å². The first kappa shape index (κ1) is 13.9. The van der Waals surface area contributed by atoms with E-state index in [0.29, 0.717) is 5.92 Å². The highest BCUT2D eigenvalue weighted by molar-refractivity contribution is 5.25. The number of terminal acetylenes is 1. The molecular formula is C20H28O. The summed E-state index contributed by atoms with van der Waals surface area (Å²) in [5, 5.41) is 10.9. The van der Waals surface area contributed by atoms with Crippen LogP contribution in [-0.4, -0.2) is 10.7 Å². The second-order valence-corrected chi connectivity index (χ2v) is 8.29. The van der Waals surface area contributed by atoms with Crippen LogP contribution >= 0.6 is 0 Å². The zero-order chi connectivity index (χ0) is 14.7. The fraction of sp³-hybridized carbons (Fsp3) is 0.800. The van der Waals surface area contributed by atoms with Crippen LogP contribution in [0.15, 0.2) is 11.6 Å². The van der Waals surface area contributed by atoms with Crippen LogP contribution in [0, 0.1) is 41.4 Å². The molecule has 0 bridgehead atoms. The Bertz CT molecular complexity index is 512. The highest BCUT2D eigenvalue weighted by atomic mass is 16.3. The molecular weight excluding hydrogens is 256 g/mol. The first-order valence-electron chi connectivity index (χ1n) is 8.98. The number of aliphatic hydroxyl groups is 1. The van der Waals surface area contributed by atoms with Gasteiger partial charge in [0.25, 0.3) is 0 Å². The highest BCUT2D eigenvalue weighted by Crippen LogP contribution is 2.64. The molecule has 3 saturated carbocycles. The number of rotatable bonds is 0. The van der Waals surface area contributed by atoms with E-state index in [1.807, 2.05) is 0 Å². The summed E-state index contributed by atoms with van der Waals surface area (Å²) in [4.78, 5) is 0. The molecule has 0 aromatic carbocycles. The summed E-state index contributed by atoms with van der Waals surface area (Å²) in [7, 11) is 0. The van der Waals surface area contributed by atoms with E-state index in [9.17, 15) is 5.11 Å². The quantitative estimate of drug-likeness (QED) is 0.519. The molecule has 114 valence electrons. The Kier molecular flexibility index (Phi) is 3.06. The fourth-order valence-electron chi connectivity index (χ4n) is 6.56. The van der Waals surface area contributed by atoms with Gasteiger partial charge in [-0.3, -0.25) is 0 Å². The number of hydrogen-bond acceptors (Lipinski definition) is 1. The van der Waals surface area contributed by atoms with Gasteiger partial charge in [0.05, 0.1) is 0 Å². The zero-order valence-corrected chi connectivity index (χ0v) is 13.3. The maximum absolute atomic E-state index is 10.9. The number of fused-ring (bicyclic) bond motifs is 5. The Hall–Kier alpha value is -0.740. The van der Waals surface area contributed by atoms with Crippen LogP contribution in [0.1, 0.15) is 64.7 Å². The van der Waals surface area contributed by atoms with Gasteiger partial charge in [-0.15, -0.1) is 6.42 Å². The Labute approximate surface area is 129 Å². The van der Waals surface area contributed by atoms with E-state index in [0.717, 1.165) is 37.0 Å². The van der Waals surface area contributed by atoms with Gasteiger partial charge in [-0.05, 0) is 81.5 Å². The topological polar surface area (TPSA) is 20.2 Å². The third-order valence-corrected chi connectivity index (χ3v) is 7.77. The molecule has 1 N–H and O–H groups in total. The molecule has 4 aliphatic rings. The van der Waals surface area contributed by atoms with E-state index < -0.39 is 5.60 Å². The normalized spacial score (nSPS) is 52.1. The molecule has 6 atom stereocenters. The molecule has 0 aromatic rings. The molecule has 4 rings (SSSR count). The molecule has 0 aromatic heterocycles. The van der Waals surface area contributed by atoms with Crippen molar-refractivity contribution in [3.63, 3.8) is 0 Å². The van der Waals surface area contributed by atoms with Crippen molar-refractivity contribution in [2.75, 3.05) is 0 Å². The van der Waals surface area contributed by atoms with Crippen LogP contribution in [0.25, 0.3) is 0 Å². The van der Waals surface area contributed by atoms with Crippen molar-refractivity contribution in [2.45, 2.75) is 70.3 Å². The van der Waals surface area contributed by atoms with Crippen molar-refractivity contribution in [3.8, 4) is 12.3 Å². The standard InChI is InChI=1S/C20H28O/c1-3-20(21)13-11-18-17-9-8-14-6-4-5-7-15(14)16(17)10-12-19(18,20)2/h1,6,15-18,21H,4-5,7-13H2,2H3/t15-,16-,17+,18+,19-,20-/m0/s1. The first-order valence-corrected chi connectivity index (χ1v) is 8.98. The van der Waals surface area contributed by atoms with Crippen molar-refractivity contribution < 1.29 is 5.11 Å². The minimum atomic E-state index is -0.842. The number of allylic oxidation sites excluding steroid dienone is 2. The summed E-state index contributed by atoms with van der Waals surface area (Å²) in [6, 6.07) is 0. The predicted octanol–water partition coefficient (Wildman–Crippen LogP) is 4.31. The molecule has 0 amide bonds. The van der Waals surface area contributed by atoms with Gasteiger partial charge in [-0.1, -0.05) is 24.5 Å². The minimum Gasteiger partial charge on any atom is -0.377 e. The molecule has 3 fully saturated rings. The monoisotopic (exact) mass is 284 g/mol. The molecule has 1 nitrogen and oxygen atoms in total. The summed E-state index contributed by atoms with van der Waals surface area (Å²) in [5.41, 5.74) is 0.903. The average molecular weight is 284 g/mol. The number of hydrogen-bond donors (Lipinski definition) is 1. The molecule has 1 heteroatoms. The molecule has 0 radical (unpaired) electrons. The van der Waals surface area contributed by atoms with Crippen LogP contribution in [0.4, 0.5) is 0 Å². The Morgan fingerprint density at radius 1 is 1.19 bits per heavy atom. The Morgan fingerprint density at radius 2 is 2.05 bits per heavy atom. The molecule has 0 spiro atoms. The van der Waals surface area contributed by atoms with E-state index in [1.165, 1.54) is 38.5 Å². The largest absolute Gasteiger partial charge is 0.377 e. The molecule has 4 aliphatic carbocycles. The summed E-state index contributed by atoms with van der Waals surface area (Å²) < 4.78 is 0.